The molecule has 2 heterocycles. The highest BCUT2D eigenvalue weighted by Gasteiger charge is 2.38. The Balaban J connectivity index is 1.54. The quantitative estimate of drug-likeness (QED) is 0.0484. The number of rotatable bonds is 14. The number of aromatic nitrogens is 1. The molecule has 5 N–H and O–H groups in total. The van der Waals surface area contributed by atoms with Crippen molar-refractivity contribution in [3.63, 3.8) is 0 Å². The number of thiol groups is 1. The lowest BCUT2D eigenvalue weighted by Gasteiger charge is -2.37. The van der Waals surface area contributed by atoms with Crippen molar-refractivity contribution in [1.82, 2.24) is 4.98 Å². The number of nitrogens with one attached hydrogen (secondary N) is 2. The summed E-state index contributed by atoms with van der Waals surface area (Å²) in [6, 6.07) is 16.6. The van der Waals surface area contributed by atoms with Gasteiger partial charge in [0.15, 0.2) is 16.6 Å². The van der Waals surface area contributed by atoms with E-state index in [0.29, 0.717) is 54.5 Å². The molecule has 0 radical (unpaired) electrons. The lowest BCUT2D eigenvalue weighted by molar-refractivity contribution is 0.100. The van der Waals surface area contributed by atoms with Gasteiger partial charge in [0.2, 0.25) is 0 Å². The molecule has 0 unspecified atom stereocenters. The van der Waals surface area contributed by atoms with E-state index in [1.165, 1.54) is 17.5 Å². The fourth-order valence-corrected chi connectivity index (χ4v) is 10.6. The summed E-state index contributed by atoms with van der Waals surface area (Å²) in [5.41, 5.74) is 9.64. The van der Waals surface area contributed by atoms with Crippen LogP contribution in [0.3, 0.4) is 0 Å². The van der Waals surface area contributed by atoms with Crippen LogP contribution in [0.4, 0.5) is 22.0 Å². The van der Waals surface area contributed by atoms with Gasteiger partial charge in [-0.15, -0.1) is 21.4 Å². The summed E-state index contributed by atoms with van der Waals surface area (Å²) in [5.74, 6) is 0.545. The number of nitrogens with zero attached hydrogens (tertiary/aromatic N) is 2. The average Bonchev–Trinajstić information content (AvgIpc) is 3.47. The molecule has 54 heavy (non-hydrogen) atoms. The maximum absolute atomic E-state index is 13.8. The van der Waals surface area contributed by atoms with Crippen molar-refractivity contribution < 1.29 is 23.0 Å². The highest BCUT2D eigenvalue weighted by molar-refractivity contribution is 8.00. The predicted molar refractivity (Wildman–Crippen MR) is 237 cm³/mol. The van der Waals surface area contributed by atoms with Crippen molar-refractivity contribution in [2.24, 2.45) is 4.36 Å². The molecule has 10 nitrogen and oxygen atoms in total. The standard InChI is InChI=1S/C40H61N5O5S2Si2/c1-28-15-12-16-31(23-28)43-38(47)44-32-17-18-34-29(24-32)26-35(51-34)33-25-30(27-42-36(33)41)37(46)45-52(48,21-13-19-49-53(8,9)39(2,3)4)22-14-20-50-54(10,11)40(5,6)7/h12,15-18,23-27,52H,13-14,19-22H2,1-11H3,(H2,41,42)(H2,43,44,47)(H,45,46,48). The third-order valence-corrected chi connectivity index (χ3v) is 23.5. The molecule has 0 fully saturated rings. The maximum atomic E-state index is 13.8. The van der Waals surface area contributed by atoms with E-state index < -0.39 is 32.6 Å². The van der Waals surface area contributed by atoms with E-state index in [9.17, 15) is 14.1 Å². The number of hydrogen-bond donors (Lipinski definition) is 5. The van der Waals surface area contributed by atoms with E-state index in [-0.39, 0.29) is 27.5 Å². The summed E-state index contributed by atoms with van der Waals surface area (Å²) in [5, 5.41) is 6.82. The molecule has 0 atom stereocenters. The van der Waals surface area contributed by atoms with Crippen molar-refractivity contribution in [2.75, 3.05) is 41.1 Å². The first kappa shape index (κ1) is 43.5. The zero-order chi connectivity index (χ0) is 40.1. The first-order chi connectivity index (χ1) is 25.0. The van der Waals surface area contributed by atoms with E-state index in [4.69, 9.17) is 14.6 Å². The lowest BCUT2D eigenvalue weighted by atomic mass is 10.1. The Morgan fingerprint density at radius 2 is 1.44 bits per heavy atom. The van der Waals surface area contributed by atoms with Crippen LogP contribution in [-0.4, -0.2) is 62.8 Å². The van der Waals surface area contributed by atoms with Crippen LogP contribution in [0.15, 0.2) is 65.2 Å². The lowest BCUT2D eigenvalue weighted by Crippen LogP contribution is -2.41. The first-order valence-electron chi connectivity index (χ1n) is 18.6. The number of carbonyl (C=O) groups is 2. The third-order valence-electron chi connectivity index (χ3n) is 10.6. The van der Waals surface area contributed by atoms with Gasteiger partial charge in [-0.3, -0.25) is 4.79 Å². The molecule has 0 bridgehead atoms. The number of pyridine rings is 1. The van der Waals surface area contributed by atoms with E-state index in [1.807, 2.05) is 55.5 Å². The number of aryl methyl sites for hydroxylation is 1. The number of fused-ring (bicyclic) bond motifs is 1. The van der Waals surface area contributed by atoms with Crippen molar-refractivity contribution in [3.05, 3.63) is 71.9 Å². The van der Waals surface area contributed by atoms with Gasteiger partial charge in [0.05, 0.1) is 5.56 Å². The second-order valence-corrected chi connectivity index (χ2v) is 30.7. The molecule has 296 valence electrons. The van der Waals surface area contributed by atoms with Gasteiger partial charge in [-0.25, -0.2) is 9.78 Å². The summed E-state index contributed by atoms with van der Waals surface area (Å²) < 4.78 is 30.3. The first-order valence-corrected chi connectivity index (χ1v) is 27.3. The largest absolute Gasteiger partial charge is 0.417 e. The molecule has 2 aromatic heterocycles. The maximum Gasteiger partial charge on any atom is 0.323 e. The summed E-state index contributed by atoms with van der Waals surface area (Å²) in [6.45, 7) is 25.1. The minimum Gasteiger partial charge on any atom is -0.417 e. The van der Waals surface area contributed by atoms with Gasteiger partial charge in [0, 0.05) is 57.4 Å². The van der Waals surface area contributed by atoms with E-state index in [2.05, 4.69) is 87.7 Å². The van der Waals surface area contributed by atoms with Gasteiger partial charge in [-0.2, -0.15) is 4.36 Å². The number of benzene rings is 2. The number of nitrogen functional groups attached to an aromatic ring is 1. The van der Waals surface area contributed by atoms with Crippen molar-refractivity contribution in [2.45, 2.75) is 97.6 Å². The van der Waals surface area contributed by atoms with Crippen molar-refractivity contribution >= 4 is 77.3 Å². The number of anilines is 3. The Hall–Kier alpha value is -3.25. The monoisotopic (exact) mass is 811 g/mol. The fraction of sp³-hybridized carbons (Fsp3) is 0.475. The highest BCUT2D eigenvalue weighted by atomic mass is 32.3. The molecule has 2 aromatic carbocycles. The minimum absolute atomic E-state index is 0.0751. The minimum atomic E-state index is -3.05. The number of carbonyl (C=O) groups excluding carboxylic acids is 2. The van der Waals surface area contributed by atoms with Crippen LogP contribution in [0, 0.1) is 6.92 Å². The Labute approximate surface area is 329 Å². The molecule has 4 rings (SSSR count). The number of hydrogen-bond acceptors (Lipinski definition) is 7. The van der Waals surface area contributed by atoms with Gasteiger partial charge < -0.3 is 29.8 Å². The van der Waals surface area contributed by atoms with Crippen LogP contribution < -0.4 is 16.4 Å². The summed E-state index contributed by atoms with van der Waals surface area (Å²) >= 11 is 1.51. The molecular weight excluding hydrogens is 751 g/mol. The second-order valence-electron chi connectivity index (χ2n) is 17.1. The Morgan fingerprint density at radius 3 is 2.00 bits per heavy atom. The molecule has 14 heteroatoms. The molecule has 0 saturated carbocycles. The SMILES string of the molecule is Cc1cccc(NC(=O)Nc2ccc3sc(-c4cc(C(=O)N=[SH](O)(CCCO[Si](C)(C)C(C)(C)C)CCCO[Si](C)(C)C(C)(C)C)cnc4N)cc3c2)c1. The smallest absolute Gasteiger partial charge is 0.323 e. The van der Waals surface area contributed by atoms with E-state index >= 15 is 0 Å². The van der Waals surface area contributed by atoms with Gasteiger partial charge in [-0.1, -0.05) is 53.7 Å². The number of urea groups is 1. The van der Waals surface area contributed by atoms with Gasteiger partial charge in [-0.05, 0) is 109 Å². The topological polar surface area (TPSA) is 148 Å². The fourth-order valence-electron chi connectivity index (χ4n) is 5.22. The van der Waals surface area contributed by atoms with Crippen LogP contribution >= 0.6 is 11.3 Å². The van der Waals surface area contributed by atoms with Gasteiger partial charge in [0.25, 0.3) is 5.91 Å². The van der Waals surface area contributed by atoms with Gasteiger partial charge >= 0.3 is 6.03 Å². The van der Waals surface area contributed by atoms with Crippen LogP contribution in [0.5, 0.6) is 0 Å². The average molecular weight is 812 g/mol. The van der Waals surface area contributed by atoms with Crippen molar-refractivity contribution in [3.8, 4) is 10.4 Å². The summed E-state index contributed by atoms with van der Waals surface area (Å²) in [6.07, 6.45) is 2.64. The predicted octanol–water partition coefficient (Wildman–Crippen LogP) is 11.0. The molecule has 0 saturated heterocycles. The summed E-state index contributed by atoms with van der Waals surface area (Å²) in [4.78, 5) is 31.7. The molecule has 0 aliphatic heterocycles. The normalized spacial score (nSPS) is 13.2. The zero-order valence-electron chi connectivity index (χ0n) is 33.9. The molecule has 0 spiro atoms. The van der Waals surface area contributed by atoms with Crippen LogP contribution in [0.25, 0.3) is 20.5 Å². The second kappa shape index (κ2) is 17.3. The number of nitrogens with two attached hydrogens (primary N) is 1. The van der Waals surface area contributed by atoms with Crippen molar-refractivity contribution in [1.29, 1.82) is 0 Å². The number of amides is 3. The molecule has 0 aliphatic rings. The Morgan fingerprint density at radius 1 is 0.870 bits per heavy atom. The van der Waals surface area contributed by atoms with Crippen LogP contribution in [0.2, 0.25) is 36.3 Å². The highest BCUT2D eigenvalue weighted by Crippen LogP contribution is 2.39. The molecule has 0 aliphatic carbocycles. The third kappa shape index (κ3) is 11.6. The molecular formula is C40H61N5O5S2Si2. The Kier molecular flexibility index (Phi) is 13.9. The molecule has 3 amide bonds. The zero-order valence-corrected chi connectivity index (χ0v) is 37.6. The van der Waals surface area contributed by atoms with Gasteiger partial charge in [0.1, 0.15) is 5.82 Å². The molecule has 4 aromatic rings. The van der Waals surface area contributed by atoms with Crippen LogP contribution in [-0.2, 0) is 19.0 Å². The summed E-state index contributed by atoms with van der Waals surface area (Å²) in [7, 11) is -6.98. The van der Waals surface area contributed by atoms with E-state index in [1.54, 1.807) is 6.07 Å². The Bertz CT molecular complexity index is 1980. The number of thiophene rings is 1. The van der Waals surface area contributed by atoms with E-state index in [0.717, 1.165) is 20.5 Å². The van der Waals surface area contributed by atoms with Crippen LogP contribution in [0.1, 0.15) is 70.3 Å².